The summed E-state index contributed by atoms with van der Waals surface area (Å²) < 4.78 is 4.54. The van der Waals surface area contributed by atoms with Gasteiger partial charge in [0.2, 0.25) is 0 Å². The second-order valence-corrected chi connectivity index (χ2v) is 3.73. The number of hydrogen-bond donors (Lipinski definition) is 1. The Kier molecular flexibility index (Phi) is 4.24. The number of esters is 1. The van der Waals surface area contributed by atoms with Gasteiger partial charge in [-0.3, -0.25) is 4.79 Å². The van der Waals surface area contributed by atoms with Crippen LogP contribution in [0.2, 0.25) is 0 Å². The predicted molar refractivity (Wildman–Crippen MR) is 48.7 cm³/mol. The summed E-state index contributed by atoms with van der Waals surface area (Å²) in [5, 5.41) is 0. The number of rotatable bonds is 4. The van der Waals surface area contributed by atoms with E-state index in [4.69, 9.17) is 5.73 Å². The molecule has 0 aliphatic carbocycles. The zero-order valence-corrected chi connectivity index (χ0v) is 8.39. The van der Waals surface area contributed by atoms with Gasteiger partial charge < -0.3 is 10.5 Å². The minimum atomic E-state index is -0.232. The smallest absolute Gasteiger partial charge is 0.307 e. The first kappa shape index (κ1) is 11.4. The summed E-state index contributed by atoms with van der Waals surface area (Å²) in [6.07, 6.45) is 1.27. The number of methoxy groups -OCH3 is 1. The van der Waals surface area contributed by atoms with E-state index in [2.05, 4.69) is 25.5 Å². The van der Waals surface area contributed by atoms with Crippen molar-refractivity contribution in [2.24, 2.45) is 11.1 Å². The zero-order chi connectivity index (χ0) is 9.78. The van der Waals surface area contributed by atoms with Gasteiger partial charge in [-0.1, -0.05) is 20.8 Å². The molecule has 0 fully saturated rings. The molecule has 0 aromatic rings. The van der Waals surface area contributed by atoms with Gasteiger partial charge in [0, 0.05) is 6.04 Å². The predicted octanol–water partition coefficient (Wildman–Crippen LogP) is 1.31. The molecule has 0 saturated heterocycles. The van der Waals surface area contributed by atoms with Crippen LogP contribution in [-0.4, -0.2) is 19.1 Å². The molecule has 0 spiro atoms. The van der Waals surface area contributed by atoms with Gasteiger partial charge in [-0.2, -0.15) is 0 Å². The van der Waals surface area contributed by atoms with Crippen molar-refractivity contribution < 1.29 is 9.53 Å². The van der Waals surface area contributed by atoms with E-state index in [0.717, 1.165) is 6.42 Å². The topological polar surface area (TPSA) is 52.3 Å². The Hall–Kier alpha value is -0.570. The number of hydrogen-bond acceptors (Lipinski definition) is 3. The van der Waals surface area contributed by atoms with Gasteiger partial charge in [-0.05, 0) is 11.8 Å². The summed E-state index contributed by atoms with van der Waals surface area (Å²) in [5.74, 6) is -0.232. The van der Waals surface area contributed by atoms with Crippen LogP contribution in [0.3, 0.4) is 0 Å². The Morgan fingerprint density at radius 1 is 1.58 bits per heavy atom. The summed E-state index contributed by atoms with van der Waals surface area (Å²) in [6.45, 7) is 6.18. The number of carbonyl (C=O) groups excluding carboxylic acids is 1. The van der Waals surface area contributed by atoms with Gasteiger partial charge in [-0.25, -0.2) is 0 Å². The highest BCUT2D eigenvalue weighted by Crippen LogP contribution is 2.25. The van der Waals surface area contributed by atoms with Crippen molar-refractivity contribution in [3.63, 3.8) is 0 Å². The highest BCUT2D eigenvalue weighted by atomic mass is 16.5. The van der Waals surface area contributed by atoms with Crippen LogP contribution < -0.4 is 5.73 Å². The van der Waals surface area contributed by atoms with Gasteiger partial charge in [0.15, 0.2) is 0 Å². The lowest BCUT2D eigenvalue weighted by Gasteiger charge is -2.29. The average Bonchev–Trinajstić information content (AvgIpc) is 2.04. The quantitative estimate of drug-likeness (QED) is 0.652. The van der Waals surface area contributed by atoms with Crippen LogP contribution >= 0.6 is 0 Å². The van der Waals surface area contributed by atoms with Gasteiger partial charge in [0.1, 0.15) is 0 Å². The Bertz CT molecular complexity index is 155. The molecule has 1 atom stereocenters. The lowest BCUT2D eigenvalue weighted by molar-refractivity contribution is -0.141. The molecule has 1 unspecified atom stereocenters. The normalized spacial score (nSPS) is 14.1. The Balaban J connectivity index is 4.02. The minimum Gasteiger partial charge on any atom is -0.469 e. The number of ether oxygens (including phenoxy) is 1. The van der Waals surface area contributed by atoms with E-state index in [9.17, 15) is 4.79 Å². The molecule has 0 aliphatic heterocycles. The summed E-state index contributed by atoms with van der Waals surface area (Å²) in [7, 11) is 1.38. The van der Waals surface area contributed by atoms with Crippen molar-refractivity contribution in [2.45, 2.75) is 39.7 Å². The van der Waals surface area contributed by atoms with E-state index < -0.39 is 0 Å². The fourth-order valence-corrected chi connectivity index (χ4v) is 0.801. The lowest BCUT2D eigenvalue weighted by Crippen LogP contribution is -2.38. The van der Waals surface area contributed by atoms with Crippen LogP contribution in [0.5, 0.6) is 0 Å². The highest BCUT2D eigenvalue weighted by Gasteiger charge is 2.26. The van der Waals surface area contributed by atoms with Gasteiger partial charge in [0.05, 0.1) is 13.5 Å². The van der Waals surface area contributed by atoms with E-state index in [0.29, 0.717) is 6.42 Å². The SMILES string of the molecule is CCC(C)(C)C(N)CC(=O)OC. The molecule has 0 heterocycles. The fourth-order valence-electron chi connectivity index (χ4n) is 0.801. The largest absolute Gasteiger partial charge is 0.469 e. The molecule has 0 rings (SSSR count). The molecule has 0 aromatic carbocycles. The molecule has 0 saturated carbocycles. The van der Waals surface area contributed by atoms with Gasteiger partial charge >= 0.3 is 5.97 Å². The zero-order valence-electron chi connectivity index (χ0n) is 8.39. The molecular formula is C9H19NO2. The molecule has 0 amide bonds. The molecule has 0 bridgehead atoms. The summed E-state index contributed by atoms with van der Waals surface area (Å²) in [4.78, 5) is 10.9. The van der Waals surface area contributed by atoms with Crippen molar-refractivity contribution in [2.75, 3.05) is 7.11 Å². The number of nitrogens with two attached hydrogens (primary N) is 1. The molecule has 0 aromatic heterocycles. The fraction of sp³-hybridized carbons (Fsp3) is 0.889. The monoisotopic (exact) mass is 173 g/mol. The van der Waals surface area contributed by atoms with E-state index in [1.165, 1.54) is 7.11 Å². The maximum Gasteiger partial charge on any atom is 0.307 e. The molecular weight excluding hydrogens is 154 g/mol. The van der Waals surface area contributed by atoms with Crippen LogP contribution in [0.4, 0.5) is 0 Å². The standard InChI is InChI=1S/C9H19NO2/c1-5-9(2,3)7(10)6-8(11)12-4/h7H,5-6,10H2,1-4H3. The van der Waals surface area contributed by atoms with Crippen molar-refractivity contribution >= 4 is 5.97 Å². The first-order valence-corrected chi connectivity index (χ1v) is 4.26. The highest BCUT2D eigenvalue weighted by molar-refractivity contribution is 5.70. The van der Waals surface area contributed by atoms with E-state index >= 15 is 0 Å². The van der Waals surface area contributed by atoms with Crippen molar-refractivity contribution in [1.29, 1.82) is 0 Å². The first-order valence-electron chi connectivity index (χ1n) is 4.26. The molecule has 12 heavy (non-hydrogen) atoms. The van der Waals surface area contributed by atoms with E-state index in [1.807, 2.05) is 0 Å². The van der Waals surface area contributed by atoms with Crippen LogP contribution in [0.15, 0.2) is 0 Å². The Morgan fingerprint density at radius 2 is 2.08 bits per heavy atom. The number of carbonyl (C=O) groups is 1. The van der Waals surface area contributed by atoms with Crippen molar-refractivity contribution in [3.8, 4) is 0 Å². The Morgan fingerprint density at radius 3 is 2.42 bits per heavy atom. The molecule has 3 heteroatoms. The van der Waals surface area contributed by atoms with E-state index in [1.54, 1.807) is 0 Å². The van der Waals surface area contributed by atoms with Crippen molar-refractivity contribution in [1.82, 2.24) is 0 Å². The molecule has 3 nitrogen and oxygen atoms in total. The minimum absolute atomic E-state index is 0.00813. The van der Waals surface area contributed by atoms with E-state index in [-0.39, 0.29) is 17.4 Å². The maximum atomic E-state index is 10.9. The van der Waals surface area contributed by atoms with Crippen LogP contribution in [-0.2, 0) is 9.53 Å². The van der Waals surface area contributed by atoms with Crippen molar-refractivity contribution in [3.05, 3.63) is 0 Å². The summed E-state index contributed by atoms with van der Waals surface area (Å²) >= 11 is 0. The molecule has 2 N–H and O–H groups in total. The summed E-state index contributed by atoms with van der Waals surface area (Å²) in [6, 6.07) is -0.116. The molecule has 0 radical (unpaired) electrons. The molecule has 0 aliphatic rings. The third-order valence-corrected chi connectivity index (χ3v) is 2.53. The first-order chi connectivity index (χ1) is 5.44. The average molecular weight is 173 g/mol. The Labute approximate surface area is 74.3 Å². The summed E-state index contributed by atoms with van der Waals surface area (Å²) in [5.41, 5.74) is 5.85. The van der Waals surface area contributed by atoms with Crippen LogP contribution in [0, 0.1) is 5.41 Å². The third-order valence-electron chi connectivity index (χ3n) is 2.53. The lowest BCUT2D eigenvalue weighted by atomic mass is 9.81. The van der Waals surface area contributed by atoms with Gasteiger partial charge in [0.25, 0.3) is 0 Å². The maximum absolute atomic E-state index is 10.9. The second kappa shape index (κ2) is 4.45. The molecule has 72 valence electrons. The van der Waals surface area contributed by atoms with Crippen LogP contribution in [0.1, 0.15) is 33.6 Å². The second-order valence-electron chi connectivity index (χ2n) is 3.73. The van der Waals surface area contributed by atoms with Crippen LogP contribution in [0.25, 0.3) is 0 Å². The van der Waals surface area contributed by atoms with Gasteiger partial charge in [-0.15, -0.1) is 0 Å². The third kappa shape index (κ3) is 3.22.